The smallest absolute Gasteiger partial charge is 0.225 e. The summed E-state index contributed by atoms with van der Waals surface area (Å²) in [5.41, 5.74) is 3.18. The lowest BCUT2D eigenvalue weighted by Crippen LogP contribution is -2.37. The third-order valence-electron chi connectivity index (χ3n) is 6.51. The summed E-state index contributed by atoms with van der Waals surface area (Å²) in [4.78, 5) is 11.6. The van der Waals surface area contributed by atoms with E-state index >= 15 is 0 Å². The Kier molecular flexibility index (Phi) is 7.18. The lowest BCUT2D eigenvalue weighted by atomic mass is 9.91. The monoisotopic (exact) mass is 449 g/mol. The van der Waals surface area contributed by atoms with E-state index in [2.05, 4.69) is 22.8 Å². The molecule has 1 fully saturated rings. The van der Waals surface area contributed by atoms with Gasteiger partial charge in [-0.15, -0.1) is 0 Å². The average Bonchev–Trinajstić information content (AvgIpc) is 2.83. The van der Waals surface area contributed by atoms with Crippen LogP contribution in [0.2, 0.25) is 0 Å². The van der Waals surface area contributed by atoms with Crippen molar-refractivity contribution in [3.8, 4) is 11.5 Å². The molecule has 7 nitrogen and oxygen atoms in total. The van der Waals surface area contributed by atoms with E-state index in [0.717, 1.165) is 71.6 Å². The fraction of sp³-hybridized carbons (Fsp3) is 0.462. The molecule has 4 rings (SSSR count). The van der Waals surface area contributed by atoms with E-state index in [-0.39, 0.29) is 0 Å². The number of hydrogen-bond donors (Lipinski definition) is 2. The molecule has 0 atom stereocenters. The van der Waals surface area contributed by atoms with Gasteiger partial charge in [0.2, 0.25) is 5.95 Å². The van der Waals surface area contributed by atoms with E-state index < -0.39 is 0 Å². The Morgan fingerprint density at radius 1 is 0.939 bits per heavy atom. The largest absolute Gasteiger partial charge is 0.496 e. The first-order chi connectivity index (χ1) is 16.0. The SMILES string of the molecule is COc1ccc(CNC2CCC(Nc3nc(N(C)C)c4ccccc4n3)CC2)c(OC)c1C. The Labute approximate surface area is 196 Å². The van der Waals surface area contributed by atoms with Gasteiger partial charge in [-0.3, -0.25) is 0 Å². The fourth-order valence-corrected chi connectivity index (χ4v) is 4.72. The summed E-state index contributed by atoms with van der Waals surface area (Å²) in [6.07, 6.45) is 4.40. The minimum atomic E-state index is 0.386. The summed E-state index contributed by atoms with van der Waals surface area (Å²) < 4.78 is 11.1. The number of ether oxygens (including phenoxy) is 2. The normalized spacial score (nSPS) is 18.2. The molecule has 1 aliphatic rings. The fourth-order valence-electron chi connectivity index (χ4n) is 4.72. The zero-order chi connectivity index (χ0) is 23.4. The number of anilines is 2. The minimum absolute atomic E-state index is 0.386. The molecule has 3 aromatic rings. The molecule has 1 saturated carbocycles. The number of benzene rings is 2. The highest BCUT2D eigenvalue weighted by molar-refractivity contribution is 5.90. The molecule has 176 valence electrons. The van der Waals surface area contributed by atoms with Gasteiger partial charge < -0.3 is 25.0 Å². The van der Waals surface area contributed by atoms with Gasteiger partial charge in [-0.25, -0.2) is 4.98 Å². The Bertz CT molecular complexity index is 1090. The van der Waals surface area contributed by atoms with Crippen LogP contribution in [0.5, 0.6) is 11.5 Å². The summed E-state index contributed by atoms with van der Waals surface area (Å²) in [5, 5.41) is 8.39. The number of aromatic nitrogens is 2. The van der Waals surface area contributed by atoms with Crippen molar-refractivity contribution in [3.05, 3.63) is 47.5 Å². The van der Waals surface area contributed by atoms with Crippen LogP contribution >= 0.6 is 0 Å². The lowest BCUT2D eigenvalue weighted by Gasteiger charge is -2.30. The highest BCUT2D eigenvalue weighted by Gasteiger charge is 2.22. The number of nitrogens with zero attached hydrogens (tertiary/aromatic N) is 3. The second-order valence-corrected chi connectivity index (χ2v) is 8.94. The molecule has 0 saturated heterocycles. The maximum absolute atomic E-state index is 5.65. The highest BCUT2D eigenvalue weighted by Crippen LogP contribution is 2.32. The number of hydrogen-bond acceptors (Lipinski definition) is 7. The third kappa shape index (κ3) is 5.14. The van der Waals surface area contributed by atoms with E-state index in [4.69, 9.17) is 19.4 Å². The maximum Gasteiger partial charge on any atom is 0.225 e. The lowest BCUT2D eigenvalue weighted by molar-refractivity contribution is 0.346. The van der Waals surface area contributed by atoms with Crippen LogP contribution in [0.15, 0.2) is 36.4 Å². The minimum Gasteiger partial charge on any atom is -0.496 e. The Hall–Kier alpha value is -3.06. The van der Waals surface area contributed by atoms with Crippen LogP contribution in [0.1, 0.15) is 36.8 Å². The van der Waals surface area contributed by atoms with E-state index in [0.29, 0.717) is 18.0 Å². The van der Waals surface area contributed by atoms with Gasteiger partial charge in [0.25, 0.3) is 0 Å². The van der Waals surface area contributed by atoms with Gasteiger partial charge in [0.15, 0.2) is 0 Å². The maximum atomic E-state index is 5.65. The molecule has 0 bridgehead atoms. The molecule has 0 spiro atoms. The van der Waals surface area contributed by atoms with Crippen molar-refractivity contribution >= 4 is 22.7 Å². The molecule has 1 aromatic heterocycles. The Balaban J connectivity index is 1.35. The Morgan fingerprint density at radius 2 is 1.67 bits per heavy atom. The Morgan fingerprint density at radius 3 is 2.36 bits per heavy atom. The van der Waals surface area contributed by atoms with Crippen molar-refractivity contribution in [1.82, 2.24) is 15.3 Å². The third-order valence-corrected chi connectivity index (χ3v) is 6.51. The molecule has 7 heteroatoms. The summed E-state index contributed by atoms with van der Waals surface area (Å²) >= 11 is 0. The van der Waals surface area contributed by atoms with E-state index in [1.54, 1.807) is 14.2 Å². The zero-order valence-electron chi connectivity index (χ0n) is 20.3. The van der Waals surface area contributed by atoms with Crippen molar-refractivity contribution in [2.24, 2.45) is 0 Å². The van der Waals surface area contributed by atoms with Gasteiger partial charge in [-0.1, -0.05) is 18.2 Å². The van der Waals surface area contributed by atoms with Crippen LogP contribution in [0.4, 0.5) is 11.8 Å². The van der Waals surface area contributed by atoms with E-state index in [1.165, 1.54) is 0 Å². The molecular formula is C26H35N5O2. The van der Waals surface area contributed by atoms with Gasteiger partial charge in [0.1, 0.15) is 17.3 Å². The van der Waals surface area contributed by atoms with Crippen LogP contribution < -0.4 is 25.0 Å². The van der Waals surface area contributed by atoms with Crippen LogP contribution in [-0.4, -0.2) is 50.4 Å². The molecule has 2 aromatic carbocycles. The summed E-state index contributed by atoms with van der Waals surface area (Å²) in [6, 6.07) is 13.2. The molecule has 1 heterocycles. The van der Waals surface area contributed by atoms with Crippen LogP contribution in [0.3, 0.4) is 0 Å². The standard InChI is InChI=1S/C26H35N5O2/c1-17-23(32-4)15-10-18(24(17)33-5)16-27-19-11-13-20(14-12-19)28-26-29-22-9-7-6-8-21(22)25(30-26)31(2)3/h6-10,15,19-20,27H,11-14,16H2,1-5H3,(H,28,29,30). The van der Waals surface area contributed by atoms with Gasteiger partial charge in [0.05, 0.1) is 19.7 Å². The van der Waals surface area contributed by atoms with Gasteiger partial charge in [-0.05, 0) is 50.8 Å². The molecule has 33 heavy (non-hydrogen) atoms. The van der Waals surface area contributed by atoms with Gasteiger partial charge >= 0.3 is 0 Å². The first-order valence-corrected chi connectivity index (χ1v) is 11.6. The van der Waals surface area contributed by atoms with Crippen molar-refractivity contribution in [1.29, 1.82) is 0 Å². The number of methoxy groups -OCH3 is 2. The zero-order valence-corrected chi connectivity index (χ0v) is 20.3. The molecule has 0 unspecified atom stereocenters. The number of rotatable bonds is 8. The summed E-state index contributed by atoms with van der Waals surface area (Å²) in [7, 11) is 7.46. The summed E-state index contributed by atoms with van der Waals surface area (Å²) in [5.74, 6) is 3.42. The summed E-state index contributed by atoms with van der Waals surface area (Å²) in [6.45, 7) is 2.82. The second-order valence-electron chi connectivity index (χ2n) is 8.94. The van der Waals surface area contributed by atoms with Gasteiger partial charge in [-0.2, -0.15) is 4.98 Å². The van der Waals surface area contributed by atoms with Crippen molar-refractivity contribution < 1.29 is 9.47 Å². The van der Waals surface area contributed by atoms with Crippen LogP contribution in [0.25, 0.3) is 10.9 Å². The highest BCUT2D eigenvalue weighted by atomic mass is 16.5. The quantitative estimate of drug-likeness (QED) is 0.523. The molecule has 2 N–H and O–H groups in total. The van der Waals surface area contributed by atoms with E-state index in [9.17, 15) is 0 Å². The number of para-hydroxylation sites is 1. The van der Waals surface area contributed by atoms with Crippen LogP contribution in [0, 0.1) is 6.92 Å². The van der Waals surface area contributed by atoms with E-state index in [1.807, 2.05) is 50.2 Å². The predicted octanol–water partition coefficient (Wildman–Crippen LogP) is 4.53. The predicted molar refractivity (Wildman–Crippen MR) is 135 cm³/mol. The van der Waals surface area contributed by atoms with Crippen molar-refractivity contribution in [2.45, 2.75) is 51.2 Å². The molecule has 0 aliphatic heterocycles. The average molecular weight is 450 g/mol. The second kappa shape index (κ2) is 10.3. The van der Waals surface area contributed by atoms with Crippen molar-refractivity contribution in [3.63, 3.8) is 0 Å². The van der Waals surface area contributed by atoms with Gasteiger partial charge in [0, 0.05) is 49.2 Å². The number of fused-ring (bicyclic) bond motifs is 1. The topological polar surface area (TPSA) is 71.5 Å². The van der Waals surface area contributed by atoms with Crippen molar-refractivity contribution in [2.75, 3.05) is 38.5 Å². The first-order valence-electron chi connectivity index (χ1n) is 11.6. The molecular weight excluding hydrogens is 414 g/mol. The number of nitrogens with one attached hydrogen (secondary N) is 2. The van der Waals surface area contributed by atoms with Crippen LogP contribution in [-0.2, 0) is 6.54 Å². The first kappa shape index (κ1) is 23.1. The molecule has 0 amide bonds. The molecule has 1 aliphatic carbocycles. The molecule has 0 radical (unpaired) electrons.